The minimum Gasteiger partial charge on any atom is -0.411 e. The van der Waals surface area contributed by atoms with Crippen LogP contribution in [0.5, 0.6) is 0 Å². The SMILES string of the molecule is CN(C)c1c(/C=N/O)ccc2ccc(/C=N/O)c(N(C)C)c12. The first kappa shape index (κ1) is 15.6. The van der Waals surface area contributed by atoms with Crippen molar-refractivity contribution in [3.05, 3.63) is 35.4 Å². The molecular formula is C16H20N4O2. The third-order valence-electron chi connectivity index (χ3n) is 3.48. The van der Waals surface area contributed by atoms with E-state index in [-0.39, 0.29) is 0 Å². The lowest BCUT2D eigenvalue weighted by atomic mass is 9.98. The van der Waals surface area contributed by atoms with Crippen LogP contribution in [-0.4, -0.2) is 51.0 Å². The monoisotopic (exact) mass is 300 g/mol. The zero-order chi connectivity index (χ0) is 16.3. The van der Waals surface area contributed by atoms with Gasteiger partial charge in [0.25, 0.3) is 0 Å². The molecule has 0 amide bonds. The lowest BCUT2D eigenvalue weighted by Crippen LogP contribution is -2.16. The van der Waals surface area contributed by atoms with Gasteiger partial charge in [-0.25, -0.2) is 0 Å². The molecule has 0 aromatic heterocycles. The summed E-state index contributed by atoms with van der Waals surface area (Å²) < 4.78 is 0. The Morgan fingerprint density at radius 2 is 1.18 bits per heavy atom. The second-order valence-corrected chi connectivity index (χ2v) is 5.38. The highest BCUT2D eigenvalue weighted by atomic mass is 16.4. The van der Waals surface area contributed by atoms with Crippen LogP contribution in [-0.2, 0) is 0 Å². The van der Waals surface area contributed by atoms with Crippen molar-refractivity contribution in [2.45, 2.75) is 0 Å². The fraction of sp³-hybridized carbons (Fsp3) is 0.250. The highest BCUT2D eigenvalue weighted by Crippen LogP contribution is 2.37. The first-order valence-corrected chi connectivity index (χ1v) is 6.80. The summed E-state index contributed by atoms with van der Waals surface area (Å²) in [4.78, 5) is 3.96. The van der Waals surface area contributed by atoms with E-state index in [9.17, 15) is 0 Å². The quantitative estimate of drug-likeness (QED) is 0.517. The Morgan fingerprint density at radius 3 is 1.50 bits per heavy atom. The standard InChI is InChI=1S/C16H20N4O2/c1-19(2)15-12(9-17-21)7-5-11-6-8-13(10-18-22)16(14(11)15)20(3)4/h5-10,21-22H,1-4H3/b17-9+,18-10+. The van der Waals surface area contributed by atoms with Crippen LogP contribution in [0.3, 0.4) is 0 Å². The molecule has 6 heteroatoms. The number of hydrogen-bond acceptors (Lipinski definition) is 6. The predicted molar refractivity (Wildman–Crippen MR) is 91.4 cm³/mol. The molecule has 0 fully saturated rings. The molecule has 0 radical (unpaired) electrons. The van der Waals surface area contributed by atoms with Gasteiger partial charge in [-0.05, 0) is 5.39 Å². The molecule has 0 bridgehead atoms. The zero-order valence-corrected chi connectivity index (χ0v) is 13.1. The molecule has 0 heterocycles. The summed E-state index contributed by atoms with van der Waals surface area (Å²) in [5.41, 5.74) is 3.49. The predicted octanol–water partition coefficient (Wildman–Crippen LogP) is 2.59. The van der Waals surface area contributed by atoms with Gasteiger partial charge in [-0.3, -0.25) is 0 Å². The van der Waals surface area contributed by atoms with Gasteiger partial charge in [0.1, 0.15) is 0 Å². The number of benzene rings is 2. The van der Waals surface area contributed by atoms with Gasteiger partial charge in [-0.15, -0.1) is 0 Å². The fourth-order valence-electron chi connectivity index (χ4n) is 2.71. The molecule has 0 saturated carbocycles. The third kappa shape index (κ3) is 2.67. The molecule has 116 valence electrons. The summed E-state index contributed by atoms with van der Waals surface area (Å²) in [5, 5.41) is 26.2. The third-order valence-corrected chi connectivity index (χ3v) is 3.48. The van der Waals surface area contributed by atoms with Crippen molar-refractivity contribution >= 4 is 34.6 Å². The lowest BCUT2D eigenvalue weighted by molar-refractivity contribution is 0.321. The van der Waals surface area contributed by atoms with Crippen molar-refractivity contribution < 1.29 is 10.4 Å². The van der Waals surface area contributed by atoms with E-state index in [0.717, 1.165) is 33.3 Å². The molecule has 0 aliphatic heterocycles. The second-order valence-electron chi connectivity index (χ2n) is 5.38. The number of anilines is 2. The van der Waals surface area contributed by atoms with E-state index in [1.165, 1.54) is 12.4 Å². The van der Waals surface area contributed by atoms with E-state index in [0.29, 0.717) is 0 Å². The van der Waals surface area contributed by atoms with Crippen molar-refractivity contribution in [3.63, 3.8) is 0 Å². The van der Waals surface area contributed by atoms with E-state index < -0.39 is 0 Å². The van der Waals surface area contributed by atoms with E-state index in [4.69, 9.17) is 10.4 Å². The summed E-state index contributed by atoms with van der Waals surface area (Å²) in [6.45, 7) is 0. The first-order valence-electron chi connectivity index (χ1n) is 6.80. The van der Waals surface area contributed by atoms with Crippen LogP contribution in [0, 0.1) is 0 Å². The lowest BCUT2D eigenvalue weighted by Gasteiger charge is -2.24. The number of fused-ring (bicyclic) bond motifs is 1. The number of nitrogens with zero attached hydrogens (tertiary/aromatic N) is 4. The molecule has 2 rings (SSSR count). The summed E-state index contributed by atoms with van der Waals surface area (Å²) in [6, 6.07) is 7.78. The average molecular weight is 300 g/mol. The van der Waals surface area contributed by atoms with E-state index >= 15 is 0 Å². The van der Waals surface area contributed by atoms with Gasteiger partial charge in [0, 0.05) is 44.7 Å². The van der Waals surface area contributed by atoms with Gasteiger partial charge in [-0.2, -0.15) is 0 Å². The zero-order valence-electron chi connectivity index (χ0n) is 13.1. The largest absolute Gasteiger partial charge is 0.411 e. The normalized spacial score (nSPS) is 11.6. The molecule has 0 unspecified atom stereocenters. The fourth-order valence-corrected chi connectivity index (χ4v) is 2.71. The molecule has 0 spiro atoms. The van der Waals surface area contributed by atoms with Crippen LogP contribution in [0.15, 0.2) is 34.6 Å². The van der Waals surface area contributed by atoms with E-state index in [2.05, 4.69) is 10.3 Å². The van der Waals surface area contributed by atoms with Crippen molar-refractivity contribution in [1.82, 2.24) is 0 Å². The van der Waals surface area contributed by atoms with Crippen LogP contribution in [0.1, 0.15) is 11.1 Å². The van der Waals surface area contributed by atoms with Gasteiger partial charge in [-0.1, -0.05) is 34.6 Å². The van der Waals surface area contributed by atoms with Gasteiger partial charge in [0.15, 0.2) is 0 Å². The Labute approximate surface area is 129 Å². The average Bonchev–Trinajstić information content (AvgIpc) is 2.46. The molecule has 6 nitrogen and oxygen atoms in total. The van der Waals surface area contributed by atoms with Crippen molar-refractivity contribution in [1.29, 1.82) is 0 Å². The Hall–Kier alpha value is -2.76. The number of oxime groups is 2. The summed E-state index contributed by atoms with van der Waals surface area (Å²) in [7, 11) is 7.76. The van der Waals surface area contributed by atoms with Crippen LogP contribution < -0.4 is 9.80 Å². The Balaban J connectivity index is 2.99. The summed E-state index contributed by atoms with van der Waals surface area (Å²) >= 11 is 0. The molecule has 2 aromatic carbocycles. The van der Waals surface area contributed by atoms with Gasteiger partial charge >= 0.3 is 0 Å². The molecular weight excluding hydrogens is 280 g/mol. The molecule has 2 aromatic rings. The minimum atomic E-state index is 0.807. The Bertz CT molecular complexity index is 678. The smallest absolute Gasteiger partial charge is 0.0754 e. The molecule has 0 aliphatic carbocycles. The molecule has 0 atom stereocenters. The van der Waals surface area contributed by atoms with Gasteiger partial charge < -0.3 is 20.2 Å². The van der Waals surface area contributed by atoms with Crippen molar-refractivity contribution in [3.8, 4) is 0 Å². The molecule has 22 heavy (non-hydrogen) atoms. The van der Waals surface area contributed by atoms with Crippen LogP contribution in [0.2, 0.25) is 0 Å². The second kappa shape index (κ2) is 6.34. The minimum absolute atomic E-state index is 0.807. The van der Waals surface area contributed by atoms with Crippen LogP contribution in [0.4, 0.5) is 11.4 Å². The van der Waals surface area contributed by atoms with E-state index in [1.54, 1.807) is 0 Å². The highest BCUT2D eigenvalue weighted by Gasteiger charge is 2.16. The Kier molecular flexibility index (Phi) is 4.50. The van der Waals surface area contributed by atoms with Gasteiger partial charge in [0.2, 0.25) is 0 Å². The van der Waals surface area contributed by atoms with Gasteiger partial charge in [0.05, 0.1) is 23.8 Å². The topological polar surface area (TPSA) is 71.7 Å². The summed E-state index contributed by atoms with van der Waals surface area (Å²) in [5.74, 6) is 0. The van der Waals surface area contributed by atoms with Crippen molar-refractivity contribution in [2.75, 3.05) is 38.0 Å². The van der Waals surface area contributed by atoms with E-state index in [1.807, 2.05) is 62.3 Å². The molecule has 0 aliphatic rings. The maximum atomic E-state index is 8.90. The molecule has 0 saturated heterocycles. The Morgan fingerprint density at radius 1 is 0.773 bits per heavy atom. The molecule has 2 N–H and O–H groups in total. The van der Waals surface area contributed by atoms with Crippen LogP contribution >= 0.6 is 0 Å². The first-order chi connectivity index (χ1) is 10.5. The van der Waals surface area contributed by atoms with Crippen LogP contribution in [0.25, 0.3) is 10.8 Å². The maximum Gasteiger partial charge on any atom is 0.0754 e. The highest BCUT2D eigenvalue weighted by molar-refractivity contribution is 6.13. The number of rotatable bonds is 4. The van der Waals surface area contributed by atoms with Crippen molar-refractivity contribution in [2.24, 2.45) is 10.3 Å². The maximum absolute atomic E-state index is 8.90. The summed E-state index contributed by atoms with van der Waals surface area (Å²) in [6.07, 6.45) is 2.84. The number of hydrogen-bond donors (Lipinski definition) is 2.